The van der Waals surface area contributed by atoms with E-state index in [9.17, 15) is 9.59 Å². The molecule has 3 aromatic heterocycles. The minimum atomic E-state index is -0.261. The summed E-state index contributed by atoms with van der Waals surface area (Å²) >= 11 is 0. The van der Waals surface area contributed by atoms with Crippen LogP contribution in [0.3, 0.4) is 0 Å². The zero-order valence-corrected chi connectivity index (χ0v) is 23.0. The first kappa shape index (κ1) is 27.6. The van der Waals surface area contributed by atoms with Crippen molar-refractivity contribution in [3.8, 4) is 11.1 Å². The summed E-state index contributed by atoms with van der Waals surface area (Å²) in [5.74, 6) is 0.797. The summed E-state index contributed by atoms with van der Waals surface area (Å²) in [7, 11) is 1.70. The average Bonchev–Trinajstić information content (AvgIpc) is 3.31. The van der Waals surface area contributed by atoms with Gasteiger partial charge in [0.15, 0.2) is 0 Å². The highest BCUT2D eigenvalue weighted by Crippen LogP contribution is 2.32. The fourth-order valence-corrected chi connectivity index (χ4v) is 5.74. The third kappa shape index (κ3) is 6.43. The number of likely N-dealkylation sites (tertiary alicyclic amines) is 1. The van der Waals surface area contributed by atoms with Crippen LogP contribution in [0.25, 0.3) is 22.0 Å². The molecule has 9 heteroatoms. The number of fused-ring (bicyclic) bond motifs is 1. The summed E-state index contributed by atoms with van der Waals surface area (Å²) in [4.78, 5) is 34.3. The normalized spacial score (nSPS) is 16.4. The first-order chi connectivity index (χ1) is 19.4. The van der Waals surface area contributed by atoms with Crippen LogP contribution in [0.4, 0.5) is 5.82 Å². The van der Waals surface area contributed by atoms with Crippen molar-refractivity contribution in [2.45, 2.75) is 50.6 Å². The molecular formula is C31H38N6O3. The monoisotopic (exact) mass is 542 g/mol. The lowest BCUT2D eigenvalue weighted by atomic mass is 9.93. The number of aromatic amines is 1. The van der Waals surface area contributed by atoms with Crippen LogP contribution in [-0.4, -0.2) is 58.2 Å². The number of benzene rings is 1. The molecule has 0 aliphatic carbocycles. The smallest absolute Gasteiger partial charge is 0.250 e. The number of ether oxygens (including phenoxy) is 1. The van der Waals surface area contributed by atoms with E-state index in [1.165, 1.54) is 5.69 Å². The largest absolute Gasteiger partial charge is 0.385 e. The number of piperidine rings is 1. The number of methoxy groups -OCH3 is 1. The number of carbonyl (C=O) groups excluding carboxylic acids is 1. The van der Waals surface area contributed by atoms with Gasteiger partial charge in [-0.15, -0.1) is 0 Å². The molecule has 0 bridgehead atoms. The number of H-pyrrole nitrogens is 1. The van der Waals surface area contributed by atoms with Gasteiger partial charge in [-0.25, -0.2) is 4.98 Å². The maximum absolute atomic E-state index is 13.3. The van der Waals surface area contributed by atoms with E-state index in [1.807, 2.05) is 23.1 Å². The summed E-state index contributed by atoms with van der Waals surface area (Å²) < 4.78 is 7.50. The zero-order chi connectivity index (χ0) is 28.1. The molecule has 1 aromatic carbocycles. The van der Waals surface area contributed by atoms with Gasteiger partial charge in [-0.05, 0) is 55.0 Å². The highest BCUT2D eigenvalue weighted by molar-refractivity contribution is 5.81. The third-order valence-electron chi connectivity index (χ3n) is 7.77. The molecule has 2 atom stereocenters. The van der Waals surface area contributed by atoms with E-state index in [2.05, 4.69) is 32.7 Å². The lowest BCUT2D eigenvalue weighted by Gasteiger charge is -2.34. The Morgan fingerprint density at radius 1 is 1.18 bits per heavy atom. The molecule has 1 fully saturated rings. The lowest BCUT2D eigenvalue weighted by Crippen LogP contribution is -2.42. The number of nitrogens with one attached hydrogen (secondary N) is 1. The van der Waals surface area contributed by atoms with E-state index in [4.69, 9.17) is 16.2 Å². The van der Waals surface area contributed by atoms with Gasteiger partial charge in [0.2, 0.25) is 11.5 Å². The topological polar surface area (TPSA) is 132 Å². The standard InChI is InChI=1S/C31H38N6O3/c1-40-13-3-12-37-27(15-25-19-35-30(38)17-28(25)37)24-4-2-11-36(20-24)31(39)16-26(32)14-21-5-7-22(8-6-21)23-9-10-29(33)34-18-23/h5-10,15,17-19,24,26H,2-4,11-14,16,20,32H2,1H3,(H2,33,34)(H,35,38). The van der Waals surface area contributed by atoms with Crippen molar-refractivity contribution in [2.24, 2.45) is 5.73 Å². The van der Waals surface area contributed by atoms with Gasteiger partial charge in [0.25, 0.3) is 0 Å². The molecule has 1 aliphatic heterocycles. The van der Waals surface area contributed by atoms with Crippen molar-refractivity contribution in [1.82, 2.24) is 19.4 Å². The van der Waals surface area contributed by atoms with Crippen molar-refractivity contribution in [3.63, 3.8) is 0 Å². The van der Waals surface area contributed by atoms with Gasteiger partial charge >= 0.3 is 0 Å². The Bertz CT molecular complexity index is 1490. The molecule has 0 spiro atoms. The Morgan fingerprint density at radius 2 is 1.98 bits per heavy atom. The maximum Gasteiger partial charge on any atom is 0.250 e. The quantitative estimate of drug-likeness (QED) is 0.262. The number of aryl methyl sites for hydroxylation is 1. The van der Waals surface area contributed by atoms with Crippen LogP contribution in [0.5, 0.6) is 0 Å². The number of hydrogen-bond donors (Lipinski definition) is 3. The minimum Gasteiger partial charge on any atom is -0.385 e. The summed E-state index contributed by atoms with van der Waals surface area (Å²) in [5.41, 5.74) is 17.3. The van der Waals surface area contributed by atoms with Crippen LogP contribution < -0.4 is 17.0 Å². The van der Waals surface area contributed by atoms with Gasteiger partial charge in [-0.1, -0.05) is 24.3 Å². The van der Waals surface area contributed by atoms with Gasteiger partial charge in [0.05, 0.1) is 5.52 Å². The Labute approximate surface area is 234 Å². The van der Waals surface area contributed by atoms with Crippen molar-refractivity contribution < 1.29 is 9.53 Å². The van der Waals surface area contributed by atoms with E-state index >= 15 is 0 Å². The molecule has 2 unspecified atom stereocenters. The Balaban J connectivity index is 1.22. The predicted molar refractivity (Wildman–Crippen MR) is 158 cm³/mol. The van der Waals surface area contributed by atoms with E-state index in [1.54, 1.807) is 31.6 Å². The van der Waals surface area contributed by atoms with Gasteiger partial charge in [0.1, 0.15) is 5.82 Å². The number of nitrogen functional groups attached to an aromatic ring is 1. The number of hydrogen-bond acceptors (Lipinski definition) is 6. The Hall–Kier alpha value is -3.95. The van der Waals surface area contributed by atoms with Crippen molar-refractivity contribution >= 4 is 22.6 Å². The number of nitrogens with zero attached hydrogens (tertiary/aromatic N) is 3. The molecule has 1 aliphatic rings. The summed E-state index contributed by atoms with van der Waals surface area (Å²) in [6.45, 7) is 2.81. The second-order valence-corrected chi connectivity index (χ2v) is 10.7. The number of amides is 1. The second-order valence-electron chi connectivity index (χ2n) is 10.7. The van der Waals surface area contributed by atoms with Crippen LogP contribution in [0.1, 0.15) is 42.9 Å². The average molecular weight is 543 g/mol. The fraction of sp³-hybridized carbons (Fsp3) is 0.387. The van der Waals surface area contributed by atoms with Gasteiger partial charge in [-0.3, -0.25) is 9.59 Å². The first-order valence-corrected chi connectivity index (χ1v) is 14.0. The maximum atomic E-state index is 13.3. The lowest BCUT2D eigenvalue weighted by molar-refractivity contribution is -0.132. The predicted octanol–water partition coefficient (Wildman–Crippen LogP) is 3.68. The zero-order valence-electron chi connectivity index (χ0n) is 23.0. The van der Waals surface area contributed by atoms with Gasteiger partial charge < -0.3 is 30.7 Å². The number of nitrogens with two attached hydrogens (primary N) is 2. The number of carbonyl (C=O) groups is 1. The van der Waals surface area contributed by atoms with Crippen molar-refractivity contribution in [2.75, 3.05) is 32.5 Å². The Morgan fingerprint density at radius 3 is 2.73 bits per heavy atom. The molecular weight excluding hydrogens is 504 g/mol. The van der Waals surface area contributed by atoms with E-state index in [0.29, 0.717) is 31.8 Å². The SMILES string of the molecule is COCCCn1c(C2CCCN(C(=O)CC(N)Cc3ccc(-c4ccc(N)nc4)cc3)C2)cc2c[nH]c(=O)cc21. The fourth-order valence-electron chi connectivity index (χ4n) is 5.74. The summed E-state index contributed by atoms with van der Waals surface area (Å²) in [6, 6.07) is 15.5. The van der Waals surface area contributed by atoms with Crippen LogP contribution >= 0.6 is 0 Å². The van der Waals surface area contributed by atoms with Gasteiger partial charge in [-0.2, -0.15) is 0 Å². The van der Waals surface area contributed by atoms with Crippen LogP contribution in [-0.2, 0) is 22.5 Å². The second kappa shape index (κ2) is 12.5. The van der Waals surface area contributed by atoms with Crippen molar-refractivity contribution in [3.05, 3.63) is 82.5 Å². The van der Waals surface area contributed by atoms with Gasteiger partial charge in [0, 0.05) is 86.8 Å². The molecule has 4 aromatic rings. The van der Waals surface area contributed by atoms with E-state index in [-0.39, 0.29) is 23.4 Å². The summed E-state index contributed by atoms with van der Waals surface area (Å²) in [5, 5.41) is 1.01. The number of anilines is 1. The summed E-state index contributed by atoms with van der Waals surface area (Å²) in [6.07, 6.45) is 7.26. The van der Waals surface area contributed by atoms with E-state index < -0.39 is 0 Å². The molecule has 1 amide bonds. The molecule has 0 saturated carbocycles. The van der Waals surface area contributed by atoms with Crippen LogP contribution in [0.15, 0.2) is 65.7 Å². The molecule has 5 rings (SSSR count). The Kier molecular flexibility index (Phi) is 8.62. The third-order valence-corrected chi connectivity index (χ3v) is 7.77. The van der Waals surface area contributed by atoms with E-state index in [0.717, 1.165) is 59.9 Å². The van der Waals surface area contributed by atoms with Crippen molar-refractivity contribution in [1.29, 1.82) is 0 Å². The van der Waals surface area contributed by atoms with Crippen LogP contribution in [0.2, 0.25) is 0 Å². The molecule has 4 heterocycles. The number of rotatable bonds is 10. The minimum absolute atomic E-state index is 0.0963. The molecule has 210 valence electrons. The number of aromatic nitrogens is 3. The molecule has 9 nitrogen and oxygen atoms in total. The molecule has 40 heavy (non-hydrogen) atoms. The first-order valence-electron chi connectivity index (χ1n) is 14.0. The van der Waals surface area contributed by atoms with Crippen LogP contribution in [0, 0.1) is 0 Å². The molecule has 1 saturated heterocycles. The number of pyridine rings is 2. The molecule has 0 radical (unpaired) electrons. The molecule has 5 N–H and O–H groups in total. The highest BCUT2D eigenvalue weighted by atomic mass is 16.5. The highest BCUT2D eigenvalue weighted by Gasteiger charge is 2.28.